The number of unbranched alkanes of at least 4 members (excludes halogenated alkanes) is 11. The van der Waals surface area contributed by atoms with Crippen LogP contribution < -0.4 is 17.0 Å². The SMILES string of the molecule is C=CC(=O)OC(CCCCCCCCCCC)[P+](CCCC)(CCCC)CCCC.[Br-]. The fraction of sp³-hybridized carbons (Fsp3) is 0.889. The molecule has 0 N–H and O–H groups in total. The van der Waals surface area contributed by atoms with Gasteiger partial charge in [0, 0.05) is 12.5 Å². The predicted molar refractivity (Wildman–Crippen MR) is 138 cm³/mol. The summed E-state index contributed by atoms with van der Waals surface area (Å²) in [7, 11) is -1.29. The molecule has 0 radical (unpaired) electrons. The second-order valence-corrected chi connectivity index (χ2v) is 13.5. The first kappa shape index (κ1) is 33.3. The summed E-state index contributed by atoms with van der Waals surface area (Å²) in [4.78, 5) is 12.2. The monoisotopic (exact) mass is 520 g/mol. The van der Waals surface area contributed by atoms with E-state index in [9.17, 15) is 4.79 Å². The lowest BCUT2D eigenvalue weighted by Crippen LogP contribution is -3.00. The van der Waals surface area contributed by atoms with Crippen molar-refractivity contribution in [2.45, 2.75) is 136 Å². The molecule has 0 bridgehead atoms. The minimum Gasteiger partial charge on any atom is -1.00 e. The molecule has 0 spiro atoms. The van der Waals surface area contributed by atoms with Crippen molar-refractivity contribution >= 4 is 13.2 Å². The largest absolute Gasteiger partial charge is 1.00 e. The normalized spacial score (nSPS) is 12.3. The first-order valence-corrected chi connectivity index (χ1v) is 15.7. The van der Waals surface area contributed by atoms with Crippen molar-refractivity contribution in [2.75, 3.05) is 18.5 Å². The Balaban J connectivity index is 0. The van der Waals surface area contributed by atoms with Gasteiger partial charge in [0.2, 0.25) is 5.85 Å². The first-order valence-electron chi connectivity index (χ1n) is 13.3. The summed E-state index contributed by atoms with van der Waals surface area (Å²) < 4.78 is 6.12. The van der Waals surface area contributed by atoms with Crippen molar-refractivity contribution in [3.63, 3.8) is 0 Å². The maximum Gasteiger partial charge on any atom is 0.333 e. The lowest BCUT2D eigenvalue weighted by atomic mass is 10.1. The lowest BCUT2D eigenvalue weighted by Gasteiger charge is -2.34. The standard InChI is InChI=1S/C27H54O2P.BrH/c1-6-11-15-16-17-18-19-20-21-22-27(29-26(28)10-5)30(23-12-7-2,24-13-8-3)25-14-9-4;/h10,27H,5-9,11-25H2,1-4H3;1H/q+1;/p-1. The molecule has 186 valence electrons. The minimum absolute atomic E-state index is 0. The van der Waals surface area contributed by atoms with Crippen molar-refractivity contribution in [1.82, 2.24) is 0 Å². The van der Waals surface area contributed by atoms with E-state index in [-0.39, 0.29) is 28.8 Å². The smallest absolute Gasteiger partial charge is 0.333 e. The Hall–Kier alpha value is 0.120. The molecule has 0 rings (SSSR count). The fourth-order valence-electron chi connectivity index (χ4n) is 4.44. The van der Waals surface area contributed by atoms with Crippen LogP contribution in [0.5, 0.6) is 0 Å². The molecule has 0 aromatic heterocycles. The van der Waals surface area contributed by atoms with E-state index in [1.807, 2.05) is 0 Å². The van der Waals surface area contributed by atoms with Crippen LogP contribution in [0.25, 0.3) is 0 Å². The van der Waals surface area contributed by atoms with Gasteiger partial charge in [0.05, 0.1) is 25.7 Å². The average Bonchev–Trinajstić information content (AvgIpc) is 2.76. The maximum atomic E-state index is 12.2. The van der Waals surface area contributed by atoms with Crippen molar-refractivity contribution in [1.29, 1.82) is 0 Å². The zero-order chi connectivity index (χ0) is 22.5. The molecule has 1 atom stereocenters. The van der Waals surface area contributed by atoms with E-state index in [1.165, 1.54) is 121 Å². The number of ether oxygens (including phenoxy) is 1. The van der Waals surface area contributed by atoms with Crippen LogP contribution in [-0.4, -0.2) is 30.3 Å². The second-order valence-electron chi connectivity index (χ2n) is 9.16. The van der Waals surface area contributed by atoms with Crippen LogP contribution >= 0.6 is 7.26 Å². The molecule has 1 unspecified atom stereocenters. The third kappa shape index (κ3) is 16.4. The van der Waals surface area contributed by atoms with Crippen LogP contribution in [0.3, 0.4) is 0 Å². The summed E-state index contributed by atoms with van der Waals surface area (Å²) >= 11 is 0. The molecule has 2 nitrogen and oxygen atoms in total. The Kier molecular flexibility index (Phi) is 25.0. The Labute approximate surface area is 206 Å². The molecule has 31 heavy (non-hydrogen) atoms. The van der Waals surface area contributed by atoms with Gasteiger partial charge in [0.1, 0.15) is 0 Å². The van der Waals surface area contributed by atoms with Gasteiger partial charge in [0.25, 0.3) is 0 Å². The Morgan fingerprint density at radius 3 is 1.48 bits per heavy atom. The lowest BCUT2D eigenvalue weighted by molar-refractivity contribution is -0.139. The molecule has 0 aromatic rings. The van der Waals surface area contributed by atoms with Crippen molar-refractivity contribution in [3.8, 4) is 0 Å². The van der Waals surface area contributed by atoms with Gasteiger partial charge < -0.3 is 21.7 Å². The Morgan fingerprint density at radius 1 is 0.710 bits per heavy atom. The van der Waals surface area contributed by atoms with Gasteiger partial charge in [0.15, 0.2) is 0 Å². The van der Waals surface area contributed by atoms with E-state index in [1.54, 1.807) is 0 Å². The summed E-state index contributed by atoms with van der Waals surface area (Å²) in [6.45, 7) is 12.8. The molecule has 0 saturated heterocycles. The highest BCUT2D eigenvalue weighted by atomic mass is 79.9. The van der Waals surface area contributed by atoms with Gasteiger partial charge in [-0.25, -0.2) is 4.79 Å². The number of halogens is 1. The summed E-state index contributed by atoms with van der Waals surface area (Å²) in [6.07, 6.45) is 26.0. The summed E-state index contributed by atoms with van der Waals surface area (Å²) in [5.41, 5.74) is 0. The molecular weight excluding hydrogens is 467 g/mol. The van der Waals surface area contributed by atoms with E-state index in [0.717, 1.165) is 6.42 Å². The fourth-order valence-corrected chi connectivity index (χ4v) is 9.87. The third-order valence-corrected chi connectivity index (χ3v) is 11.7. The van der Waals surface area contributed by atoms with Crippen LogP contribution in [0.2, 0.25) is 0 Å². The highest BCUT2D eigenvalue weighted by Crippen LogP contribution is 2.66. The number of carbonyl (C=O) groups is 1. The minimum atomic E-state index is -1.29. The van der Waals surface area contributed by atoms with Gasteiger partial charge in [-0.2, -0.15) is 0 Å². The van der Waals surface area contributed by atoms with Crippen LogP contribution in [-0.2, 0) is 9.53 Å². The highest BCUT2D eigenvalue weighted by molar-refractivity contribution is 7.76. The number of rotatable bonds is 22. The van der Waals surface area contributed by atoms with Crippen LogP contribution in [0.1, 0.15) is 130 Å². The zero-order valence-corrected chi connectivity index (χ0v) is 23.9. The van der Waals surface area contributed by atoms with Crippen molar-refractivity contribution in [3.05, 3.63) is 12.7 Å². The summed E-state index contributed by atoms with van der Waals surface area (Å²) in [5.74, 6) is -0.0398. The summed E-state index contributed by atoms with van der Waals surface area (Å²) in [6, 6.07) is 0. The topological polar surface area (TPSA) is 26.3 Å². The van der Waals surface area contributed by atoms with Gasteiger partial charge in [-0.1, -0.05) is 105 Å². The van der Waals surface area contributed by atoms with E-state index < -0.39 is 7.26 Å². The molecule has 0 aliphatic carbocycles. The molecule has 4 heteroatoms. The van der Waals surface area contributed by atoms with Gasteiger partial charge in [-0.05, 0) is 25.7 Å². The quantitative estimate of drug-likeness (QED) is 0.0715. The Morgan fingerprint density at radius 2 is 1.10 bits per heavy atom. The van der Waals surface area contributed by atoms with Crippen LogP contribution in [0.15, 0.2) is 12.7 Å². The number of hydrogen-bond acceptors (Lipinski definition) is 2. The molecule has 0 fully saturated rings. The Bertz CT molecular complexity index is 392. The third-order valence-electron chi connectivity index (χ3n) is 6.46. The van der Waals surface area contributed by atoms with Crippen molar-refractivity contribution < 1.29 is 26.5 Å². The molecule has 0 saturated carbocycles. The molecule has 0 amide bonds. The number of esters is 1. The summed E-state index contributed by atoms with van der Waals surface area (Å²) in [5, 5.41) is 0. The molecular formula is C27H54BrO2P. The van der Waals surface area contributed by atoms with E-state index in [0.29, 0.717) is 0 Å². The van der Waals surface area contributed by atoms with Crippen LogP contribution in [0, 0.1) is 0 Å². The predicted octanol–water partition coefficient (Wildman–Crippen LogP) is 6.38. The van der Waals surface area contributed by atoms with Crippen LogP contribution in [0.4, 0.5) is 0 Å². The molecule has 0 aliphatic rings. The van der Waals surface area contributed by atoms with Crippen molar-refractivity contribution in [2.24, 2.45) is 0 Å². The molecule has 0 aliphatic heterocycles. The van der Waals surface area contributed by atoms with Gasteiger partial charge in [-0.15, -0.1) is 0 Å². The van der Waals surface area contributed by atoms with E-state index in [4.69, 9.17) is 4.74 Å². The van der Waals surface area contributed by atoms with Gasteiger partial charge >= 0.3 is 5.97 Å². The molecule has 0 heterocycles. The molecule has 0 aromatic carbocycles. The van der Waals surface area contributed by atoms with E-state index in [2.05, 4.69) is 34.3 Å². The first-order chi connectivity index (χ1) is 14.6. The maximum absolute atomic E-state index is 12.2. The van der Waals surface area contributed by atoms with Gasteiger partial charge in [-0.3, -0.25) is 0 Å². The zero-order valence-electron chi connectivity index (χ0n) is 21.4. The second kappa shape index (κ2) is 23.3. The number of carbonyl (C=O) groups excluding carboxylic acids is 1. The average molecular weight is 522 g/mol. The number of hydrogen-bond donors (Lipinski definition) is 0. The van der Waals surface area contributed by atoms with E-state index >= 15 is 0 Å². The highest BCUT2D eigenvalue weighted by Gasteiger charge is 2.46.